The van der Waals surface area contributed by atoms with Crippen LogP contribution in [0.3, 0.4) is 0 Å². The van der Waals surface area contributed by atoms with E-state index in [9.17, 15) is 4.79 Å². The molecule has 25 heavy (non-hydrogen) atoms. The van der Waals surface area contributed by atoms with Crippen LogP contribution in [0, 0.1) is 0 Å². The molecule has 0 atom stereocenters. The van der Waals surface area contributed by atoms with E-state index < -0.39 is 0 Å². The summed E-state index contributed by atoms with van der Waals surface area (Å²) in [6, 6.07) is 16.1. The lowest BCUT2D eigenvalue weighted by Gasteiger charge is -2.02. The second-order valence-electron chi connectivity index (χ2n) is 6.13. The van der Waals surface area contributed by atoms with Crippen molar-refractivity contribution in [1.29, 1.82) is 0 Å². The number of fused-ring (bicyclic) bond motifs is 2. The van der Waals surface area contributed by atoms with Crippen molar-refractivity contribution < 1.29 is 0 Å². The number of aromatic amines is 2. The van der Waals surface area contributed by atoms with Crippen LogP contribution >= 0.6 is 15.9 Å². The average molecular weight is 396 g/mol. The Kier molecular flexibility index (Phi) is 4.19. The van der Waals surface area contributed by atoms with Crippen LogP contribution in [0.2, 0.25) is 0 Å². The first-order chi connectivity index (χ1) is 12.1. The van der Waals surface area contributed by atoms with Crippen LogP contribution in [0.1, 0.15) is 12.5 Å². The van der Waals surface area contributed by atoms with Gasteiger partial charge in [-0.3, -0.25) is 4.79 Å². The predicted molar refractivity (Wildman–Crippen MR) is 107 cm³/mol. The molecule has 4 aromatic rings. The van der Waals surface area contributed by atoms with E-state index >= 15 is 0 Å². The summed E-state index contributed by atoms with van der Waals surface area (Å²) in [5.41, 5.74) is 4.49. The molecule has 0 spiro atoms. The summed E-state index contributed by atoms with van der Waals surface area (Å²) in [5, 5.41) is 5.44. The molecule has 3 N–H and O–H groups in total. The smallest absolute Gasteiger partial charge is 0.257 e. The number of aromatic nitrogens is 2. The Bertz CT molecular complexity index is 1130. The van der Waals surface area contributed by atoms with Crippen molar-refractivity contribution in [3.63, 3.8) is 0 Å². The summed E-state index contributed by atoms with van der Waals surface area (Å²) >= 11 is 3.48. The maximum absolute atomic E-state index is 12.5. The van der Waals surface area contributed by atoms with Crippen LogP contribution < -0.4 is 10.9 Å². The highest BCUT2D eigenvalue weighted by atomic mass is 79.9. The van der Waals surface area contributed by atoms with Gasteiger partial charge in [-0.15, -0.1) is 0 Å². The predicted octanol–water partition coefficient (Wildman–Crippen LogP) is 4.55. The fourth-order valence-electron chi connectivity index (χ4n) is 3.08. The van der Waals surface area contributed by atoms with Gasteiger partial charge >= 0.3 is 0 Å². The van der Waals surface area contributed by atoms with Gasteiger partial charge < -0.3 is 15.3 Å². The Morgan fingerprint density at radius 3 is 2.56 bits per heavy atom. The third-order valence-corrected chi connectivity index (χ3v) is 4.85. The van der Waals surface area contributed by atoms with Crippen molar-refractivity contribution in [3.05, 3.63) is 68.9 Å². The van der Waals surface area contributed by atoms with Gasteiger partial charge in [-0.1, -0.05) is 28.9 Å². The molecule has 2 aromatic heterocycles. The Morgan fingerprint density at radius 1 is 0.960 bits per heavy atom. The van der Waals surface area contributed by atoms with E-state index in [1.165, 1.54) is 5.56 Å². The summed E-state index contributed by atoms with van der Waals surface area (Å²) in [7, 11) is 0. The minimum atomic E-state index is -0.0887. The maximum atomic E-state index is 12.5. The molecule has 2 heterocycles. The topological polar surface area (TPSA) is 60.7 Å². The molecule has 0 amide bonds. The van der Waals surface area contributed by atoms with E-state index in [-0.39, 0.29) is 5.56 Å². The highest BCUT2D eigenvalue weighted by Crippen LogP contribution is 2.25. The Labute approximate surface area is 153 Å². The molecule has 0 saturated carbocycles. The molecular weight excluding hydrogens is 378 g/mol. The summed E-state index contributed by atoms with van der Waals surface area (Å²) in [6.07, 6.45) is 0. The van der Waals surface area contributed by atoms with Gasteiger partial charge in [0.2, 0.25) is 0 Å². The number of benzene rings is 2. The fraction of sp³-hybridized carbons (Fsp3) is 0.150. The molecule has 4 rings (SSSR count). The quantitative estimate of drug-likeness (QED) is 0.474. The maximum Gasteiger partial charge on any atom is 0.257 e. The minimum absolute atomic E-state index is 0.0887. The van der Waals surface area contributed by atoms with E-state index in [0.717, 1.165) is 45.1 Å². The molecule has 4 nitrogen and oxygen atoms in total. The zero-order valence-electron chi connectivity index (χ0n) is 13.8. The number of rotatable bonds is 4. The van der Waals surface area contributed by atoms with Crippen molar-refractivity contribution in [2.45, 2.75) is 13.5 Å². The van der Waals surface area contributed by atoms with Gasteiger partial charge in [-0.2, -0.15) is 0 Å². The molecular formula is C20H18BrN3O. The third-order valence-electron chi connectivity index (χ3n) is 4.36. The fourth-order valence-corrected chi connectivity index (χ4v) is 3.46. The van der Waals surface area contributed by atoms with Crippen LogP contribution in [0.4, 0.5) is 0 Å². The average Bonchev–Trinajstić information content (AvgIpc) is 3.02. The lowest BCUT2D eigenvalue weighted by atomic mass is 10.1. The SMILES string of the molecule is CCNCc1ccc2[nH]c(-c3cc4cc(Br)ccc4[nH]c3=O)cc2c1. The monoisotopic (exact) mass is 395 g/mol. The number of H-pyrrole nitrogens is 2. The van der Waals surface area contributed by atoms with Gasteiger partial charge in [0.05, 0.1) is 11.3 Å². The lowest BCUT2D eigenvalue weighted by Crippen LogP contribution is -2.11. The van der Waals surface area contributed by atoms with E-state index in [0.29, 0.717) is 5.56 Å². The highest BCUT2D eigenvalue weighted by molar-refractivity contribution is 9.10. The van der Waals surface area contributed by atoms with E-state index in [4.69, 9.17) is 0 Å². The van der Waals surface area contributed by atoms with E-state index in [2.05, 4.69) is 56.3 Å². The number of nitrogens with one attached hydrogen (secondary N) is 3. The van der Waals surface area contributed by atoms with Crippen molar-refractivity contribution in [3.8, 4) is 11.3 Å². The molecule has 0 unspecified atom stereocenters. The lowest BCUT2D eigenvalue weighted by molar-refractivity contribution is 0.727. The normalized spacial score (nSPS) is 11.4. The second kappa shape index (κ2) is 6.50. The second-order valence-corrected chi connectivity index (χ2v) is 7.04. The van der Waals surface area contributed by atoms with E-state index in [1.807, 2.05) is 30.3 Å². The molecule has 5 heteroatoms. The number of pyridine rings is 1. The first-order valence-corrected chi connectivity index (χ1v) is 9.08. The van der Waals surface area contributed by atoms with Crippen LogP contribution in [0.15, 0.2) is 57.8 Å². The highest BCUT2D eigenvalue weighted by Gasteiger charge is 2.09. The van der Waals surface area contributed by atoms with Crippen LogP contribution in [-0.2, 0) is 6.54 Å². The molecule has 2 aromatic carbocycles. The Balaban J connectivity index is 1.82. The molecule has 0 bridgehead atoms. The van der Waals surface area contributed by atoms with Crippen LogP contribution in [0.25, 0.3) is 33.1 Å². The van der Waals surface area contributed by atoms with Crippen LogP contribution in [0.5, 0.6) is 0 Å². The van der Waals surface area contributed by atoms with Gasteiger partial charge in [0.25, 0.3) is 5.56 Å². The number of halogens is 1. The van der Waals surface area contributed by atoms with Gasteiger partial charge in [-0.05, 0) is 54.6 Å². The third kappa shape index (κ3) is 3.13. The molecule has 0 aliphatic heterocycles. The number of hydrogen-bond acceptors (Lipinski definition) is 2. The molecule has 0 aliphatic carbocycles. The minimum Gasteiger partial charge on any atom is -0.354 e. The zero-order chi connectivity index (χ0) is 17.4. The number of hydrogen-bond donors (Lipinski definition) is 3. The van der Waals surface area contributed by atoms with Crippen molar-refractivity contribution in [2.75, 3.05) is 6.54 Å². The first-order valence-electron chi connectivity index (χ1n) is 8.29. The summed E-state index contributed by atoms with van der Waals surface area (Å²) in [4.78, 5) is 18.8. The van der Waals surface area contributed by atoms with Gasteiger partial charge in [0.15, 0.2) is 0 Å². The molecule has 0 radical (unpaired) electrons. The van der Waals surface area contributed by atoms with Crippen molar-refractivity contribution >= 4 is 37.7 Å². The van der Waals surface area contributed by atoms with E-state index in [1.54, 1.807) is 0 Å². The summed E-state index contributed by atoms with van der Waals surface area (Å²) < 4.78 is 0.989. The van der Waals surface area contributed by atoms with Crippen molar-refractivity contribution in [1.82, 2.24) is 15.3 Å². The molecule has 126 valence electrons. The molecule has 0 saturated heterocycles. The van der Waals surface area contributed by atoms with Crippen molar-refractivity contribution in [2.24, 2.45) is 0 Å². The zero-order valence-corrected chi connectivity index (χ0v) is 15.4. The standard InChI is InChI=1S/C20H18BrN3O/c1-2-22-11-12-3-5-17-13(7-12)10-19(23-17)16-9-14-8-15(21)4-6-18(14)24-20(16)25/h3-10,22-23H,2,11H2,1H3,(H,24,25). The van der Waals surface area contributed by atoms with Gasteiger partial charge in [0, 0.05) is 32.8 Å². The first kappa shape index (κ1) is 16.1. The molecule has 0 fully saturated rings. The summed E-state index contributed by atoms with van der Waals surface area (Å²) in [5.74, 6) is 0. The van der Waals surface area contributed by atoms with Gasteiger partial charge in [0.1, 0.15) is 0 Å². The molecule has 0 aliphatic rings. The van der Waals surface area contributed by atoms with Gasteiger partial charge in [-0.25, -0.2) is 0 Å². The summed E-state index contributed by atoms with van der Waals surface area (Å²) in [6.45, 7) is 3.88. The Morgan fingerprint density at radius 2 is 1.72 bits per heavy atom. The van der Waals surface area contributed by atoms with Crippen LogP contribution in [-0.4, -0.2) is 16.5 Å². The largest absolute Gasteiger partial charge is 0.354 e. The Hall–Kier alpha value is -2.37.